The molecule has 0 unspecified atom stereocenters. The number of nitrogens with zero attached hydrogens (tertiary/aromatic N) is 2. The number of anilines is 2. The monoisotopic (exact) mass is 400 g/mol. The summed E-state index contributed by atoms with van der Waals surface area (Å²) in [6, 6.07) is 6.93. The van der Waals surface area contributed by atoms with Gasteiger partial charge >= 0.3 is 0 Å². The third-order valence-electron chi connectivity index (χ3n) is 4.89. The van der Waals surface area contributed by atoms with E-state index in [2.05, 4.69) is 16.7 Å². The van der Waals surface area contributed by atoms with Crippen LogP contribution < -0.4 is 10.6 Å². The minimum Gasteiger partial charge on any atom is -0.326 e. The zero-order valence-electron chi connectivity index (χ0n) is 17.7. The molecule has 0 saturated heterocycles. The van der Waals surface area contributed by atoms with Crippen molar-refractivity contribution in [2.75, 3.05) is 36.8 Å². The highest BCUT2D eigenvalue weighted by molar-refractivity contribution is 5.93. The number of allylic oxidation sites excluding steroid dienone is 2. The normalized spacial score (nSPS) is 13.6. The first-order chi connectivity index (χ1) is 13.9. The molecule has 158 valence electrons. The largest absolute Gasteiger partial charge is 0.326 e. The van der Waals surface area contributed by atoms with Gasteiger partial charge in [-0.15, -0.1) is 0 Å². The Morgan fingerprint density at radius 1 is 0.931 bits per heavy atom. The lowest BCUT2D eigenvalue weighted by atomic mass is 10.0. The number of nitrogens with one attached hydrogen (secondary N) is 2. The lowest BCUT2D eigenvalue weighted by Gasteiger charge is -2.29. The Morgan fingerprint density at radius 2 is 1.59 bits per heavy atom. The van der Waals surface area contributed by atoms with E-state index < -0.39 is 0 Å². The molecule has 0 spiro atoms. The number of amides is 3. The van der Waals surface area contributed by atoms with Crippen molar-refractivity contribution in [1.82, 2.24) is 9.80 Å². The zero-order valence-corrected chi connectivity index (χ0v) is 17.7. The average molecular weight is 401 g/mol. The van der Waals surface area contributed by atoms with E-state index in [0.717, 1.165) is 25.0 Å². The summed E-state index contributed by atoms with van der Waals surface area (Å²) >= 11 is 0. The van der Waals surface area contributed by atoms with Crippen molar-refractivity contribution in [2.24, 2.45) is 0 Å². The van der Waals surface area contributed by atoms with Crippen LogP contribution in [0.15, 0.2) is 36.0 Å². The summed E-state index contributed by atoms with van der Waals surface area (Å²) in [7, 11) is 0. The van der Waals surface area contributed by atoms with E-state index in [9.17, 15) is 14.4 Å². The fourth-order valence-electron chi connectivity index (χ4n) is 3.41. The minimum atomic E-state index is -0.174. The first-order valence-electron chi connectivity index (χ1n) is 10.3. The molecule has 7 nitrogen and oxygen atoms in total. The molecule has 0 aromatic heterocycles. The molecule has 0 radical (unpaired) electrons. The van der Waals surface area contributed by atoms with Crippen LogP contribution in [0, 0.1) is 0 Å². The maximum absolute atomic E-state index is 12.8. The van der Waals surface area contributed by atoms with Crippen LogP contribution in [0.5, 0.6) is 0 Å². The molecule has 0 saturated carbocycles. The average Bonchev–Trinajstić information content (AvgIpc) is 2.70. The number of rotatable bonds is 9. The molecule has 0 atom stereocenters. The van der Waals surface area contributed by atoms with E-state index in [1.165, 1.54) is 13.3 Å². The second kappa shape index (κ2) is 11.4. The number of likely N-dealkylation sites (N-methyl/N-ethyl adjacent to an activating group) is 2. The molecule has 29 heavy (non-hydrogen) atoms. The molecule has 0 heterocycles. The number of carbonyl (C=O) groups excluding carboxylic acids is 3. The van der Waals surface area contributed by atoms with Crippen molar-refractivity contribution in [3.8, 4) is 0 Å². The van der Waals surface area contributed by atoms with Gasteiger partial charge in [0, 0.05) is 30.5 Å². The number of hydrogen-bond donors (Lipinski definition) is 2. The maximum Gasteiger partial charge on any atom is 0.240 e. The quantitative estimate of drug-likeness (QED) is 0.667. The van der Waals surface area contributed by atoms with Crippen molar-refractivity contribution in [3.05, 3.63) is 36.0 Å². The Labute approximate surface area is 173 Å². The second-order valence-corrected chi connectivity index (χ2v) is 7.19. The molecule has 0 aliphatic heterocycles. The number of benzene rings is 1. The Morgan fingerprint density at radius 3 is 2.10 bits per heavy atom. The van der Waals surface area contributed by atoms with Gasteiger partial charge in [-0.2, -0.15) is 0 Å². The summed E-state index contributed by atoms with van der Waals surface area (Å²) in [5.41, 5.74) is 2.44. The van der Waals surface area contributed by atoms with Gasteiger partial charge in [0.15, 0.2) is 0 Å². The molecular weight excluding hydrogens is 368 g/mol. The predicted octanol–water partition coefficient (Wildman–Crippen LogP) is 3.21. The second-order valence-electron chi connectivity index (χ2n) is 7.19. The third-order valence-corrected chi connectivity index (χ3v) is 4.89. The first-order valence-corrected chi connectivity index (χ1v) is 10.3. The van der Waals surface area contributed by atoms with Crippen molar-refractivity contribution in [3.63, 3.8) is 0 Å². The molecular formula is C22H32N4O3. The van der Waals surface area contributed by atoms with Crippen LogP contribution in [0.25, 0.3) is 0 Å². The van der Waals surface area contributed by atoms with Crippen LogP contribution in [0.2, 0.25) is 0 Å². The molecule has 7 heteroatoms. The number of hydrogen-bond acceptors (Lipinski definition) is 4. The van der Waals surface area contributed by atoms with E-state index in [4.69, 9.17) is 0 Å². The lowest BCUT2D eigenvalue weighted by molar-refractivity contribution is -0.131. The smallest absolute Gasteiger partial charge is 0.240 e. The summed E-state index contributed by atoms with van der Waals surface area (Å²) in [4.78, 5) is 40.0. The molecule has 2 N–H and O–H groups in total. The fourth-order valence-corrected chi connectivity index (χ4v) is 3.41. The minimum absolute atomic E-state index is 0.0370. The molecule has 0 bridgehead atoms. The van der Waals surface area contributed by atoms with Gasteiger partial charge in [-0.1, -0.05) is 13.0 Å². The van der Waals surface area contributed by atoms with Gasteiger partial charge in [0.2, 0.25) is 17.7 Å². The van der Waals surface area contributed by atoms with Crippen molar-refractivity contribution < 1.29 is 14.4 Å². The first kappa shape index (κ1) is 22.6. The van der Waals surface area contributed by atoms with Crippen molar-refractivity contribution in [1.29, 1.82) is 0 Å². The molecule has 3 amide bonds. The van der Waals surface area contributed by atoms with Gasteiger partial charge < -0.3 is 15.5 Å². The highest BCUT2D eigenvalue weighted by Gasteiger charge is 2.21. The van der Waals surface area contributed by atoms with Gasteiger partial charge in [0.25, 0.3) is 0 Å². The van der Waals surface area contributed by atoms with Crippen molar-refractivity contribution in [2.45, 2.75) is 46.5 Å². The van der Waals surface area contributed by atoms with Crippen LogP contribution in [-0.4, -0.2) is 53.7 Å². The Balaban J connectivity index is 1.89. The van der Waals surface area contributed by atoms with Gasteiger partial charge in [-0.25, -0.2) is 0 Å². The van der Waals surface area contributed by atoms with Gasteiger partial charge in [0.1, 0.15) is 0 Å². The maximum atomic E-state index is 12.8. The van der Waals surface area contributed by atoms with Gasteiger partial charge in [-0.05, 0) is 63.4 Å². The van der Waals surface area contributed by atoms with Crippen LogP contribution in [0.3, 0.4) is 0 Å². The molecule has 1 aliphatic carbocycles. The Hall–Kier alpha value is -2.67. The van der Waals surface area contributed by atoms with Gasteiger partial charge in [-0.3, -0.25) is 19.3 Å². The summed E-state index contributed by atoms with van der Waals surface area (Å²) in [5.74, 6) is -0.281. The van der Waals surface area contributed by atoms with Crippen LogP contribution in [-0.2, 0) is 14.4 Å². The Bertz CT molecular complexity index is 743. The lowest BCUT2D eigenvalue weighted by Crippen LogP contribution is -2.42. The fraction of sp³-hybridized carbons (Fsp3) is 0.500. The zero-order chi connectivity index (χ0) is 21.2. The summed E-state index contributed by atoms with van der Waals surface area (Å²) in [6.07, 6.45) is 6.44. The van der Waals surface area contributed by atoms with Crippen LogP contribution in [0.1, 0.15) is 46.5 Å². The van der Waals surface area contributed by atoms with Gasteiger partial charge in [0.05, 0.1) is 13.1 Å². The molecule has 1 aromatic carbocycles. The molecule has 0 fully saturated rings. The molecule has 2 rings (SSSR count). The molecule has 1 aromatic rings. The third kappa shape index (κ3) is 7.34. The van der Waals surface area contributed by atoms with E-state index >= 15 is 0 Å². The highest BCUT2D eigenvalue weighted by atomic mass is 16.2. The highest BCUT2D eigenvalue weighted by Crippen LogP contribution is 2.21. The van der Waals surface area contributed by atoms with Crippen molar-refractivity contribution >= 4 is 29.1 Å². The van der Waals surface area contributed by atoms with E-state index in [1.807, 2.05) is 23.6 Å². The van der Waals surface area contributed by atoms with E-state index in [0.29, 0.717) is 24.5 Å². The summed E-state index contributed by atoms with van der Waals surface area (Å²) in [5, 5.41) is 5.52. The molecule has 1 aliphatic rings. The topological polar surface area (TPSA) is 81.8 Å². The van der Waals surface area contributed by atoms with Crippen LogP contribution in [0.4, 0.5) is 11.4 Å². The Kier molecular flexibility index (Phi) is 8.86. The van der Waals surface area contributed by atoms with E-state index in [-0.39, 0.29) is 30.8 Å². The summed E-state index contributed by atoms with van der Waals surface area (Å²) in [6.45, 7) is 7.00. The summed E-state index contributed by atoms with van der Waals surface area (Å²) < 4.78 is 0. The SMILES string of the molecule is CCN(CC(=O)Nc1ccc(NC(C)=O)cc1)CC(=O)N(CC)C1=CCCCC1. The van der Waals surface area contributed by atoms with E-state index in [1.54, 1.807) is 24.3 Å². The van der Waals surface area contributed by atoms with Crippen LogP contribution >= 0.6 is 0 Å². The predicted molar refractivity (Wildman–Crippen MR) is 115 cm³/mol. The number of carbonyl (C=O) groups is 3. The standard InChI is InChI=1S/C22H32N4O3/c1-4-25(16-22(29)26(5-2)20-9-7-6-8-10-20)15-21(28)24-19-13-11-18(12-14-19)23-17(3)27/h9,11-14H,4-8,10,15-16H2,1-3H3,(H,23,27)(H,24,28).